The third kappa shape index (κ3) is 3.62. The van der Waals surface area contributed by atoms with Gasteiger partial charge in [0.05, 0.1) is 17.4 Å². The number of sulfonamides is 1. The minimum absolute atomic E-state index is 0.0298. The Labute approximate surface area is 125 Å². The monoisotopic (exact) mass is 305 g/mol. The van der Waals surface area contributed by atoms with Crippen LogP contribution in [0.15, 0.2) is 24.3 Å². The minimum Gasteiger partial charge on any atom is -0.311 e. The Balaban J connectivity index is 1.62. The van der Waals surface area contributed by atoms with E-state index in [0.717, 1.165) is 25.7 Å². The van der Waals surface area contributed by atoms with Crippen LogP contribution in [0.2, 0.25) is 0 Å². The molecule has 21 heavy (non-hydrogen) atoms. The van der Waals surface area contributed by atoms with Gasteiger partial charge in [0.2, 0.25) is 10.0 Å². The molecule has 2 unspecified atom stereocenters. The number of nitriles is 1. The third-order valence-electron chi connectivity index (χ3n) is 4.26. The smallest absolute Gasteiger partial charge is 0.216 e. The summed E-state index contributed by atoms with van der Waals surface area (Å²) in [5, 5.41) is 12.2. The van der Waals surface area contributed by atoms with Crippen molar-refractivity contribution >= 4 is 10.0 Å². The molecule has 2 saturated heterocycles. The molecule has 112 valence electrons. The lowest BCUT2D eigenvalue weighted by atomic mass is 10.0. The molecule has 0 amide bonds. The van der Waals surface area contributed by atoms with Crippen LogP contribution in [0.4, 0.5) is 0 Å². The van der Waals surface area contributed by atoms with E-state index in [0.29, 0.717) is 23.2 Å². The van der Waals surface area contributed by atoms with E-state index in [1.165, 1.54) is 0 Å². The van der Waals surface area contributed by atoms with Crippen LogP contribution in [0.3, 0.4) is 0 Å². The quantitative estimate of drug-likeness (QED) is 0.877. The number of hydrogen-bond donors (Lipinski definition) is 2. The maximum absolute atomic E-state index is 12.3. The number of nitrogens with one attached hydrogen (secondary N) is 2. The van der Waals surface area contributed by atoms with E-state index in [4.69, 9.17) is 5.26 Å². The topological polar surface area (TPSA) is 82.0 Å². The van der Waals surface area contributed by atoms with E-state index >= 15 is 0 Å². The van der Waals surface area contributed by atoms with Crippen molar-refractivity contribution in [2.45, 2.75) is 49.6 Å². The molecule has 2 N–H and O–H groups in total. The number of fused-ring (bicyclic) bond motifs is 2. The SMILES string of the molecule is N#Cc1ccc(CS(=O)(=O)NC2CC3CCC(C2)N3)cc1. The summed E-state index contributed by atoms with van der Waals surface area (Å²) >= 11 is 0. The van der Waals surface area contributed by atoms with E-state index in [-0.39, 0.29) is 11.8 Å². The minimum atomic E-state index is -3.33. The molecular formula is C15H19N3O2S. The highest BCUT2D eigenvalue weighted by molar-refractivity contribution is 7.88. The maximum atomic E-state index is 12.3. The summed E-state index contributed by atoms with van der Waals surface area (Å²) in [4.78, 5) is 0. The summed E-state index contributed by atoms with van der Waals surface area (Å²) < 4.78 is 27.4. The van der Waals surface area contributed by atoms with Crippen molar-refractivity contribution in [1.29, 1.82) is 5.26 Å². The lowest BCUT2D eigenvalue weighted by Gasteiger charge is -2.29. The molecule has 5 nitrogen and oxygen atoms in total. The second-order valence-electron chi connectivity index (χ2n) is 5.99. The van der Waals surface area contributed by atoms with Gasteiger partial charge in [-0.05, 0) is 43.4 Å². The third-order valence-corrected chi connectivity index (χ3v) is 5.66. The van der Waals surface area contributed by atoms with Gasteiger partial charge in [-0.1, -0.05) is 12.1 Å². The zero-order chi connectivity index (χ0) is 14.9. The van der Waals surface area contributed by atoms with Crippen LogP contribution in [0.25, 0.3) is 0 Å². The fraction of sp³-hybridized carbons (Fsp3) is 0.533. The van der Waals surface area contributed by atoms with Crippen molar-refractivity contribution in [2.75, 3.05) is 0 Å². The zero-order valence-electron chi connectivity index (χ0n) is 11.7. The first-order chi connectivity index (χ1) is 10.0. The van der Waals surface area contributed by atoms with Crippen LogP contribution in [-0.4, -0.2) is 26.5 Å². The summed E-state index contributed by atoms with van der Waals surface area (Å²) in [7, 11) is -3.33. The van der Waals surface area contributed by atoms with E-state index in [1.54, 1.807) is 24.3 Å². The molecule has 6 heteroatoms. The van der Waals surface area contributed by atoms with Crippen molar-refractivity contribution in [3.63, 3.8) is 0 Å². The average Bonchev–Trinajstić information content (AvgIpc) is 2.78. The summed E-state index contributed by atoms with van der Waals surface area (Å²) in [6.07, 6.45) is 4.06. The second-order valence-corrected chi connectivity index (χ2v) is 7.75. The van der Waals surface area contributed by atoms with Gasteiger partial charge in [-0.3, -0.25) is 0 Å². The standard InChI is InChI=1S/C15H19N3O2S/c16-9-11-1-3-12(4-2-11)10-21(19,20)18-15-7-13-5-6-14(8-15)17-13/h1-4,13-15,17-18H,5-8,10H2. The van der Waals surface area contributed by atoms with Gasteiger partial charge in [0.1, 0.15) is 0 Å². The Morgan fingerprint density at radius 1 is 1.19 bits per heavy atom. The van der Waals surface area contributed by atoms with Crippen LogP contribution in [-0.2, 0) is 15.8 Å². The number of benzene rings is 1. The molecule has 0 spiro atoms. The van der Waals surface area contributed by atoms with Crippen LogP contribution in [0, 0.1) is 11.3 Å². The lowest BCUT2D eigenvalue weighted by molar-refractivity contribution is 0.345. The Morgan fingerprint density at radius 2 is 1.81 bits per heavy atom. The van der Waals surface area contributed by atoms with E-state index in [2.05, 4.69) is 10.0 Å². The molecule has 2 fully saturated rings. The average molecular weight is 305 g/mol. The first-order valence-electron chi connectivity index (χ1n) is 7.29. The fourth-order valence-corrected chi connectivity index (χ4v) is 4.76. The van der Waals surface area contributed by atoms with Crippen molar-refractivity contribution in [1.82, 2.24) is 10.0 Å². The van der Waals surface area contributed by atoms with E-state index < -0.39 is 10.0 Å². The zero-order valence-corrected chi connectivity index (χ0v) is 12.6. The highest BCUT2D eigenvalue weighted by Crippen LogP contribution is 2.27. The summed E-state index contributed by atoms with van der Waals surface area (Å²) in [6.45, 7) is 0. The predicted octanol–water partition coefficient (Wildman–Crippen LogP) is 1.26. The number of piperidine rings is 1. The van der Waals surface area contributed by atoms with Gasteiger partial charge < -0.3 is 5.32 Å². The number of rotatable bonds is 4. The molecule has 1 aromatic carbocycles. The van der Waals surface area contributed by atoms with Crippen LogP contribution in [0.5, 0.6) is 0 Å². The molecular weight excluding hydrogens is 286 g/mol. The van der Waals surface area contributed by atoms with Crippen LogP contribution >= 0.6 is 0 Å². The van der Waals surface area contributed by atoms with Crippen molar-refractivity contribution in [3.05, 3.63) is 35.4 Å². The molecule has 2 atom stereocenters. The highest BCUT2D eigenvalue weighted by Gasteiger charge is 2.34. The van der Waals surface area contributed by atoms with Gasteiger partial charge in [0.25, 0.3) is 0 Å². The number of nitrogens with zero attached hydrogens (tertiary/aromatic N) is 1. The molecule has 2 aliphatic rings. The Hall–Kier alpha value is -1.42. The van der Waals surface area contributed by atoms with Crippen molar-refractivity contribution < 1.29 is 8.42 Å². The largest absolute Gasteiger partial charge is 0.311 e. The van der Waals surface area contributed by atoms with E-state index in [9.17, 15) is 8.42 Å². The molecule has 3 rings (SSSR count). The maximum Gasteiger partial charge on any atom is 0.216 e. The van der Waals surface area contributed by atoms with Gasteiger partial charge in [-0.25, -0.2) is 13.1 Å². The first kappa shape index (κ1) is 14.5. The molecule has 0 saturated carbocycles. The molecule has 0 aliphatic carbocycles. The molecule has 2 bridgehead atoms. The van der Waals surface area contributed by atoms with Gasteiger partial charge in [-0.2, -0.15) is 5.26 Å². The normalized spacial score (nSPS) is 28.2. The predicted molar refractivity (Wildman–Crippen MR) is 79.9 cm³/mol. The van der Waals surface area contributed by atoms with Crippen molar-refractivity contribution in [2.24, 2.45) is 0 Å². The number of hydrogen-bond acceptors (Lipinski definition) is 4. The molecule has 1 aromatic rings. The highest BCUT2D eigenvalue weighted by atomic mass is 32.2. The van der Waals surface area contributed by atoms with Gasteiger partial charge in [0, 0.05) is 18.1 Å². The molecule has 2 heterocycles. The van der Waals surface area contributed by atoms with Gasteiger partial charge in [-0.15, -0.1) is 0 Å². The van der Waals surface area contributed by atoms with Crippen LogP contribution in [0.1, 0.15) is 36.8 Å². The molecule has 0 aromatic heterocycles. The van der Waals surface area contributed by atoms with Gasteiger partial charge in [0.15, 0.2) is 0 Å². The molecule has 2 aliphatic heterocycles. The summed E-state index contributed by atoms with van der Waals surface area (Å²) in [5.41, 5.74) is 1.25. The van der Waals surface area contributed by atoms with E-state index in [1.807, 2.05) is 6.07 Å². The summed E-state index contributed by atoms with van der Waals surface area (Å²) in [5.74, 6) is -0.0298. The Bertz CT molecular complexity index is 636. The van der Waals surface area contributed by atoms with Gasteiger partial charge >= 0.3 is 0 Å². The Morgan fingerprint density at radius 3 is 2.38 bits per heavy atom. The summed E-state index contributed by atoms with van der Waals surface area (Å²) in [6, 6.07) is 9.70. The Kier molecular flexibility index (Phi) is 3.98. The second kappa shape index (κ2) is 5.76. The fourth-order valence-electron chi connectivity index (χ4n) is 3.34. The first-order valence-corrected chi connectivity index (χ1v) is 8.94. The molecule has 0 radical (unpaired) electrons. The lowest BCUT2D eigenvalue weighted by Crippen LogP contribution is -2.48. The van der Waals surface area contributed by atoms with Crippen molar-refractivity contribution in [3.8, 4) is 6.07 Å². The van der Waals surface area contributed by atoms with Crippen LogP contribution < -0.4 is 10.0 Å².